The molecule has 26 heavy (non-hydrogen) atoms. The van der Waals surface area contributed by atoms with Gasteiger partial charge in [0.25, 0.3) is 0 Å². The largest absolute Gasteiger partial charge is 0.493 e. The van der Waals surface area contributed by atoms with E-state index in [1.807, 2.05) is 43.3 Å². The van der Waals surface area contributed by atoms with E-state index in [-0.39, 0.29) is 0 Å². The van der Waals surface area contributed by atoms with Gasteiger partial charge in [-0.3, -0.25) is 5.43 Å². The minimum absolute atomic E-state index is 0.426. The Hall–Kier alpha value is -1.58. The number of hydrazone groups is 1. The second-order valence-corrected chi connectivity index (χ2v) is 7.19. The SMILES string of the molecule is CCNC(=S)N/N=C/c1cc(I)c(OCc2ccc(Cl)cc2)c(OC)c1. The van der Waals surface area contributed by atoms with Gasteiger partial charge in [0.2, 0.25) is 0 Å². The highest BCUT2D eigenvalue weighted by Crippen LogP contribution is 2.34. The lowest BCUT2D eigenvalue weighted by Gasteiger charge is -2.13. The summed E-state index contributed by atoms with van der Waals surface area (Å²) in [6, 6.07) is 11.4. The van der Waals surface area contributed by atoms with Gasteiger partial charge in [0.15, 0.2) is 16.6 Å². The second-order valence-electron chi connectivity index (χ2n) is 5.18. The van der Waals surface area contributed by atoms with Crippen LogP contribution in [0.5, 0.6) is 11.5 Å². The fourth-order valence-electron chi connectivity index (χ4n) is 2.06. The van der Waals surface area contributed by atoms with Crippen LogP contribution in [0.2, 0.25) is 5.02 Å². The molecule has 2 aromatic carbocycles. The zero-order valence-electron chi connectivity index (χ0n) is 14.4. The average molecular weight is 504 g/mol. The first-order valence-electron chi connectivity index (χ1n) is 7.85. The van der Waals surface area contributed by atoms with Crippen LogP contribution in [0.4, 0.5) is 0 Å². The lowest BCUT2D eigenvalue weighted by atomic mass is 10.2. The Balaban J connectivity index is 2.09. The molecule has 0 atom stereocenters. The van der Waals surface area contributed by atoms with Crippen molar-refractivity contribution < 1.29 is 9.47 Å². The molecule has 0 saturated carbocycles. The number of thiocarbonyl (C=S) groups is 1. The second kappa shape index (κ2) is 10.5. The summed E-state index contributed by atoms with van der Waals surface area (Å²) in [6.07, 6.45) is 1.68. The Kier molecular flexibility index (Phi) is 8.40. The van der Waals surface area contributed by atoms with Crippen molar-refractivity contribution in [1.29, 1.82) is 0 Å². The van der Waals surface area contributed by atoms with Gasteiger partial charge in [0.1, 0.15) is 6.61 Å². The first-order chi connectivity index (χ1) is 12.5. The van der Waals surface area contributed by atoms with Crippen molar-refractivity contribution in [2.24, 2.45) is 5.10 Å². The van der Waals surface area contributed by atoms with Gasteiger partial charge >= 0.3 is 0 Å². The molecule has 138 valence electrons. The summed E-state index contributed by atoms with van der Waals surface area (Å²) >= 11 is 13.2. The minimum Gasteiger partial charge on any atom is -0.493 e. The van der Waals surface area contributed by atoms with Crippen LogP contribution < -0.4 is 20.2 Å². The number of nitrogens with zero attached hydrogens (tertiary/aromatic N) is 1. The molecular formula is C18H19ClIN3O2S. The maximum atomic E-state index is 5.95. The van der Waals surface area contributed by atoms with Crippen LogP contribution in [0.25, 0.3) is 0 Å². The summed E-state index contributed by atoms with van der Waals surface area (Å²) < 4.78 is 12.3. The van der Waals surface area contributed by atoms with Crippen molar-refractivity contribution in [2.75, 3.05) is 13.7 Å². The molecule has 0 heterocycles. The lowest BCUT2D eigenvalue weighted by Crippen LogP contribution is -2.31. The molecule has 0 spiro atoms. The molecule has 2 rings (SSSR count). The molecular weight excluding hydrogens is 485 g/mol. The van der Waals surface area contributed by atoms with Crippen molar-refractivity contribution >= 4 is 57.7 Å². The van der Waals surface area contributed by atoms with E-state index in [9.17, 15) is 0 Å². The maximum Gasteiger partial charge on any atom is 0.186 e. The Bertz CT molecular complexity index is 785. The van der Waals surface area contributed by atoms with Crippen LogP contribution in [0.15, 0.2) is 41.5 Å². The third-order valence-corrected chi connectivity index (χ3v) is 4.55. The molecule has 0 aliphatic heterocycles. The zero-order chi connectivity index (χ0) is 18.9. The van der Waals surface area contributed by atoms with E-state index >= 15 is 0 Å². The molecule has 5 nitrogen and oxygen atoms in total. The molecule has 0 amide bonds. The third-order valence-electron chi connectivity index (χ3n) is 3.27. The Morgan fingerprint density at radius 1 is 1.31 bits per heavy atom. The predicted molar refractivity (Wildman–Crippen MR) is 118 cm³/mol. The number of halogens is 2. The van der Waals surface area contributed by atoms with Crippen molar-refractivity contribution in [3.8, 4) is 11.5 Å². The summed E-state index contributed by atoms with van der Waals surface area (Å²) in [5.74, 6) is 1.33. The normalized spacial score (nSPS) is 10.6. The fourth-order valence-corrected chi connectivity index (χ4v) is 3.16. The van der Waals surface area contributed by atoms with E-state index in [0.29, 0.717) is 28.2 Å². The van der Waals surface area contributed by atoms with Gasteiger partial charge in [-0.15, -0.1) is 0 Å². The highest BCUT2D eigenvalue weighted by atomic mass is 127. The smallest absolute Gasteiger partial charge is 0.186 e. The Morgan fingerprint density at radius 2 is 2.04 bits per heavy atom. The Morgan fingerprint density at radius 3 is 2.69 bits per heavy atom. The number of methoxy groups -OCH3 is 1. The maximum absolute atomic E-state index is 5.95. The molecule has 0 aliphatic carbocycles. The molecule has 2 aromatic rings. The van der Waals surface area contributed by atoms with Crippen LogP contribution in [-0.4, -0.2) is 25.0 Å². The van der Waals surface area contributed by atoms with Crippen LogP contribution in [-0.2, 0) is 6.61 Å². The van der Waals surface area contributed by atoms with Crippen molar-refractivity contribution in [1.82, 2.24) is 10.7 Å². The van der Waals surface area contributed by atoms with Crippen LogP contribution in [0, 0.1) is 3.57 Å². The minimum atomic E-state index is 0.426. The summed E-state index contributed by atoms with van der Waals surface area (Å²) in [4.78, 5) is 0. The quantitative estimate of drug-likeness (QED) is 0.255. The summed E-state index contributed by atoms with van der Waals surface area (Å²) in [5, 5.41) is 8.26. The summed E-state index contributed by atoms with van der Waals surface area (Å²) in [5.41, 5.74) is 4.66. The summed E-state index contributed by atoms with van der Waals surface area (Å²) in [7, 11) is 1.61. The van der Waals surface area contributed by atoms with Gasteiger partial charge in [0, 0.05) is 11.6 Å². The average Bonchev–Trinajstić information content (AvgIpc) is 2.62. The number of rotatable bonds is 7. The zero-order valence-corrected chi connectivity index (χ0v) is 18.1. The standard InChI is InChI=1S/C18H19ClIN3O2S/c1-3-21-18(26)23-22-10-13-8-15(20)17(16(9-13)24-2)25-11-12-4-6-14(19)7-5-12/h4-10H,3,11H2,1-2H3,(H2,21,23,26)/b22-10+. The van der Waals surface area contributed by atoms with E-state index in [1.165, 1.54) is 0 Å². The van der Waals surface area contributed by atoms with Gasteiger partial charge in [-0.25, -0.2) is 0 Å². The number of benzene rings is 2. The van der Waals surface area contributed by atoms with E-state index in [4.69, 9.17) is 33.3 Å². The third kappa shape index (κ3) is 6.30. The molecule has 0 radical (unpaired) electrons. The van der Waals surface area contributed by atoms with Crippen LogP contribution >= 0.6 is 46.4 Å². The van der Waals surface area contributed by atoms with E-state index < -0.39 is 0 Å². The fraction of sp³-hybridized carbons (Fsp3) is 0.222. The number of nitrogens with one attached hydrogen (secondary N) is 2. The highest BCUT2D eigenvalue weighted by molar-refractivity contribution is 14.1. The number of hydrogen-bond donors (Lipinski definition) is 2. The summed E-state index contributed by atoms with van der Waals surface area (Å²) in [6.45, 7) is 3.13. The van der Waals surface area contributed by atoms with Crippen LogP contribution in [0.1, 0.15) is 18.1 Å². The number of ether oxygens (including phenoxy) is 2. The van der Waals surface area contributed by atoms with Gasteiger partial charge in [-0.1, -0.05) is 23.7 Å². The topological polar surface area (TPSA) is 54.9 Å². The van der Waals surface area contributed by atoms with E-state index in [0.717, 1.165) is 21.2 Å². The first-order valence-corrected chi connectivity index (χ1v) is 9.71. The first kappa shape index (κ1) is 20.7. The van der Waals surface area contributed by atoms with Gasteiger partial charge in [0.05, 0.1) is 16.9 Å². The van der Waals surface area contributed by atoms with Gasteiger partial charge < -0.3 is 14.8 Å². The predicted octanol–water partition coefficient (Wildman–Crippen LogP) is 4.35. The Labute approximate surface area is 177 Å². The molecule has 2 N–H and O–H groups in total. The highest BCUT2D eigenvalue weighted by Gasteiger charge is 2.11. The van der Waals surface area contributed by atoms with Crippen LogP contribution in [0.3, 0.4) is 0 Å². The molecule has 0 bridgehead atoms. The lowest BCUT2D eigenvalue weighted by molar-refractivity contribution is 0.282. The van der Waals surface area contributed by atoms with Gasteiger partial charge in [-0.05, 0) is 77.1 Å². The molecule has 0 aromatic heterocycles. The van der Waals surface area contributed by atoms with E-state index in [1.54, 1.807) is 13.3 Å². The van der Waals surface area contributed by atoms with Crippen molar-refractivity contribution in [3.63, 3.8) is 0 Å². The monoisotopic (exact) mass is 503 g/mol. The van der Waals surface area contributed by atoms with Crippen molar-refractivity contribution in [2.45, 2.75) is 13.5 Å². The number of hydrogen-bond acceptors (Lipinski definition) is 4. The molecule has 0 saturated heterocycles. The van der Waals surface area contributed by atoms with Gasteiger partial charge in [-0.2, -0.15) is 5.10 Å². The van der Waals surface area contributed by atoms with E-state index in [2.05, 4.69) is 38.4 Å². The molecule has 0 aliphatic rings. The molecule has 8 heteroatoms. The molecule has 0 fully saturated rings. The molecule has 0 unspecified atom stereocenters. The van der Waals surface area contributed by atoms with Crippen molar-refractivity contribution in [3.05, 3.63) is 56.1 Å².